The molecule has 1 saturated heterocycles. The SMILES string of the molecule is CCN1CCC(Nc2cc(F)ncn2)C1. The van der Waals surface area contributed by atoms with Gasteiger partial charge in [-0.05, 0) is 13.0 Å². The molecule has 1 fully saturated rings. The molecule has 2 rings (SSSR count). The Morgan fingerprint density at radius 2 is 2.47 bits per heavy atom. The molecule has 2 heterocycles. The van der Waals surface area contributed by atoms with Crippen LogP contribution in [0.2, 0.25) is 0 Å². The zero-order chi connectivity index (χ0) is 10.7. The average Bonchev–Trinajstić information content (AvgIpc) is 2.65. The summed E-state index contributed by atoms with van der Waals surface area (Å²) >= 11 is 0. The van der Waals surface area contributed by atoms with Crippen molar-refractivity contribution in [2.45, 2.75) is 19.4 Å². The number of hydrogen-bond acceptors (Lipinski definition) is 4. The van der Waals surface area contributed by atoms with Crippen LogP contribution in [0, 0.1) is 5.95 Å². The molecule has 0 aliphatic carbocycles. The van der Waals surface area contributed by atoms with Gasteiger partial charge in [0, 0.05) is 25.2 Å². The van der Waals surface area contributed by atoms with Gasteiger partial charge < -0.3 is 10.2 Å². The van der Waals surface area contributed by atoms with E-state index in [0.717, 1.165) is 26.1 Å². The van der Waals surface area contributed by atoms with Crippen molar-refractivity contribution in [3.8, 4) is 0 Å². The number of halogens is 1. The van der Waals surface area contributed by atoms with Crippen molar-refractivity contribution in [2.24, 2.45) is 0 Å². The molecule has 1 atom stereocenters. The Morgan fingerprint density at radius 1 is 1.60 bits per heavy atom. The molecule has 82 valence electrons. The van der Waals surface area contributed by atoms with Crippen LogP contribution >= 0.6 is 0 Å². The molecule has 0 aromatic carbocycles. The molecule has 1 N–H and O–H groups in total. The number of nitrogens with one attached hydrogen (secondary N) is 1. The van der Waals surface area contributed by atoms with E-state index in [1.54, 1.807) is 0 Å². The largest absolute Gasteiger partial charge is 0.366 e. The third-order valence-corrected chi connectivity index (χ3v) is 2.71. The minimum atomic E-state index is -0.488. The van der Waals surface area contributed by atoms with E-state index < -0.39 is 5.95 Å². The van der Waals surface area contributed by atoms with E-state index in [2.05, 4.69) is 27.1 Å². The molecular weight excluding hydrogens is 195 g/mol. The van der Waals surface area contributed by atoms with Crippen LogP contribution in [0.3, 0.4) is 0 Å². The van der Waals surface area contributed by atoms with Crippen LogP contribution in [0.1, 0.15) is 13.3 Å². The second kappa shape index (κ2) is 4.53. The summed E-state index contributed by atoms with van der Waals surface area (Å²) in [6, 6.07) is 1.70. The molecule has 5 heteroatoms. The number of aromatic nitrogens is 2. The molecule has 15 heavy (non-hydrogen) atoms. The van der Waals surface area contributed by atoms with Crippen LogP contribution in [-0.4, -0.2) is 40.5 Å². The molecule has 4 nitrogen and oxygen atoms in total. The van der Waals surface area contributed by atoms with E-state index in [1.165, 1.54) is 12.4 Å². The van der Waals surface area contributed by atoms with Gasteiger partial charge in [0.05, 0.1) is 0 Å². The van der Waals surface area contributed by atoms with Crippen molar-refractivity contribution in [1.29, 1.82) is 0 Å². The van der Waals surface area contributed by atoms with Crippen molar-refractivity contribution in [3.63, 3.8) is 0 Å². The van der Waals surface area contributed by atoms with Crippen LogP contribution in [-0.2, 0) is 0 Å². The number of likely N-dealkylation sites (N-methyl/N-ethyl adjacent to an activating group) is 1. The Hall–Kier alpha value is -1.23. The number of likely N-dealkylation sites (tertiary alicyclic amines) is 1. The fourth-order valence-corrected chi connectivity index (χ4v) is 1.86. The van der Waals surface area contributed by atoms with E-state index in [4.69, 9.17) is 0 Å². The molecule has 1 aliphatic rings. The van der Waals surface area contributed by atoms with E-state index in [0.29, 0.717) is 11.9 Å². The minimum Gasteiger partial charge on any atom is -0.366 e. The molecule has 1 aromatic heterocycles. The van der Waals surface area contributed by atoms with Crippen molar-refractivity contribution in [3.05, 3.63) is 18.3 Å². The molecule has 0 amide bonds. The van der Waals surface area contributed by atoms with Gasteiger partial charge in [-0.25, -0.2) is 9.97 Å². The maximum absolute atomic E-state index is 12.8. The first-order chi connectivity index (χ1) is 7.28. The highest BCUT2D eigenvalue weighted by atomic mass is 19.1. The molecular formula is C10H15FN4. The van der Waals surface area contributed by atoms with E-state index >= 15 is 0 Å². The minimum absolute atomic E-state index is 0.374. The van der Waals surface area contributed by atoms with Gasteiger partial charge in [-0.3, -0.25) is 0 Å². The maximum atomic E-state index is 12.8. The summed E-state index contributed by atoms with van der Waals surface area (Å²) in [5.41, 5.74) is 0. The molecule has 1 aliphatic heterocycles. The van der Waals surface area contributed by atoms with Gasteiger partial charge in [0.15, 0.2) is 0 Å². The molecule has 0 radical (unpaired) electrons. The molecule has 0 saturated carbocycles. The highest BCUT2D eigenvalue weighted by molar-refractivity contribution is 5.34. The zero-order valence-electron chi connectivity index (χ0n) is 8.78. The molecule has 0 bridgehead atoms. The standard InChI is InChI=1S/C10H15FN4/c1-2-15-4-3-8(6-15)14-10-5-9(11)12-7-13-10/h5,7-8H,2-4,6H2,1H3,(H,12,13,14). The Labute approximate surface area is 88.5 Å². The molecule has 1 aromatic rings. The summed E-state index contributed by atoms with van der Waals surface area (Å²) in [5, 5.41) is 3.21. The van der Waals surface area contributed by atoms with Crippen LogP contribution in [0.25, 0.3) is 0 Å². The third-order valence-electron chi connectivity index (χ3n) is 2.71. The number of rotatable bonds is 3. The van der Waals surface area contributed by atoms with Crippen molar-refractivity contribution in [1.82, 2.24) is 14.9 Å². The molecule has 0 spiro atoms. The zero-order valence-corrected chi connectivity index (χ0v) is 8.78. The first-order valence-electron chi connectivity index (χ1n) is 5.24. The predicted octanol–water partition coefficient (Wildman–Crippen LogP) is 1.12. The van der Waals surface area contributed by atoms with Gasteiger partial charge in [0.25, 0.3) is 0 Å². The summed E-state index contributed by atoms with van der Waals surface area (Å²) < 4.78 is 12.8. The lowest BCUT2D eigenvalue weighted by molar-refractivity contribution is 0.356. The lowest BCUT2D eigenvalue weighted by atomic mass is 10.2. The van der Waals surface area contributed by atoms with Crippen LogP contribution in [0.4, 0.5) is 10.2 Å². The summed E-state index contributed by atoms with van der Waals surface area (Å²) in [4.78, 5) is 9.75. The summed E-state index contributed by atoms with van der Waals surface area (Å²) in [7, 11) is 0. The normalized spacial score (nSPS) is 21.9. The second-order valence-electron chi connectivity index (χ2n) is 3.75. The van der Waals surface area contributed by atoms with Crippen LogP contribution < -0.4 is 5.32 Å². The van der Waals surface area contributed by atoms with E-state index in [-0.39, 0.29) is 0 Å². The number of hydrogen-bond donors (Lipinski definition) is 1. The maximum Gasteiger partial charge on any atom is 0.217 e. The van der Waals surface area contributed by atoms with Gasteiger partial charge in [-0.15, -0.1) is 0 Å². The van der Waals surface area contributed by atoms with Gasteiger partial charge in [-0.1, -0.05) is 6.92 Å². The first-order valence-corrected chi connectivity index (χ1v) is 5.24. The van der Waals surface area contributed by atoms with E-state index in [1.807, 2.05) is 0 Å². The van der Waals surface area contributed by atoms with Gasteiger partial charge >= 0.3 is 0 Å². The van der Waals surface area contributed by atoms with Crippen molar-refractivity contribution < 1.29 is 4.39 Å². The van der Waals surface area contributed by atoms with Crippen molar-refractivity contribution in [2.75, 3.05) is 25.0 Å². The first kappa shape index (κ1) is 10.3. The van der Waals surface area contributed by atoms with Crippen molar-refractivity contribution >= 4 is 5.82 Å². The Bertz CT molecular complexity index is 331. The van der Waals surface area contributed by atoms with E-state index in [9.17, 15) is 4.39 Å². The smallest absolute Gasteiger partial charge is 0.217 e. The van der Waals surface area contributed by atoms with Crippen LogP contribution in [0.15, 0.2) is 12.4 Å². The quantitative estimate of drug-likeness (QED) is 0.759. The van der Waals surface area contributed by atoms with Crippen LogP contribution in [0.5, 0.6) is 0 Å². The fraction of sp³-hybridized carbons (Fsp3) is 0.600. The summed E-state index contributed by atoms with van der Waals surface area (Å²) in [6.07, 6.45) is 2.32. The number of nitrogens with zero attached hydrogens (tertiary/aromatic N) is 3. The Kier molecular flexibility index (Phi) is 3.11. The lowest BCUT2D eigenvalue weighted by Gasteiger charge is -2.14. The monoisotopic (exact) mass is 210 g/mol. The molecule has 1 unspecified atom stereocenters. The predicted molar refractivity (Wildman–Crippen MR) is 56.1 cm³/mol. The third kappa shape index (κ3) is 2.62. The summed E-state index contributed by atoms with van der Waals surface area (Å²) in [5.74, 6) is 0.0864. The highest BCUT2D eigenvalue weighted by Gasteiger charge is 2.20. The highest BCUT2D eigenvalue weighted by Crippen LogP contribution is 2.13. The van der Waals surface area contributed by atoms with Gasteiger partial charge in [0.1, 0.15) is 12.1 Å². The summed E-state index contributed by atoms with van der Waals surface area (Å²) in [6.45, 7) is 5.31. The average molecular weight is 210 g/mol. The van der Waals surface area contributed by atoms with Gasteiger partial charge in [0.2, 0.25) is 5.95 Å². The second-order valence-corrected chi connectivity index (χ2v) is 3.75. The fourth-order valence-electron chi connectivity index (χ4n) is 1.86. The lowest BCUT2D eigenvalue weighted by Crippen LogP contribution is -2.26. The Morgan fingerprint density at radius 3 is 3.13 bits per heavy atom. The van der Waals surface area contributed by atoms with Gasteiger partial charge in [-0.2, -0.15) is 4.39 Å². The number of anilines is 1. The Balaban J connectivity index is 1.92. The topological polar surface area (TPSA) is 41.0 Å².